The maximum Gasteiger partial charge on any atom is 0.0719 e. The zero-order valence-corrected chi connectivity index (χ0v) is 12.6. The Morgan fingerprint density at radius 1 is 0.952 bits per heavy atom. The number of anilines is 2. The normalized spacial score (nSPS) is 15.0. The zero-order valence-electron chi connectivity index (χ0n) is 12.6. The van der Waals surface area contributed by atoms with Crippen LogP contribution in [0.4, 0.5) is 11.4 Å². The van der Waals surface area contributed by atoms with Crippen molar-refractivity contribution in [3.8, 4) is 0 Å². The maximum atomic E-state index is 10.3. The molecule has 1 N–H and O–H groups in total. The molecule has 3 rings (SSSR count). The van der Waals surface area contributed by atoms with E-state index in [0.29, 0.717) is 6.54 Å². The van der Waals surface area contributed by atoms with E-state index in [1.54, 1.807) is 0 Å². The minimum Gasteiger partial charge on any atom is -0.391 e. The summed E-state index contributed by atoms with van der Waals surface area (Å²) >= 11 is 0. The van der Waals surface area contributed by atoms with Crippen molar-refractivity contribution in [1.29, 1.82) is 0 Å². The first-order valence-electron chi connectivity index (χ1n) is 7.91. The molecule has 0 fully saturated rings. The number of rotatable bonds is 4. The summed E-state index contributed by atoms with van der Waals surface area (Å²) in [6.45, 7) is 2.79. The minimum absolute atomic E-state index is 0.283. The summed E-state index contributed by atoms with van der Waals surface area (Å²) in [5, 5.41) is 10.3. The first kappa shape index (κ1) is 14.2. The summed E-state index contributed by atoms with van der Waals surface area (Å²) in [6, 6.07) is 17.2. The molecular formula is C19H23NO. The topological polar surface area (TPSA) is 23.5 Å². The molecule has 1 aliphatic rings. The van der Waals surface area contributed by atoms with Gasteiger partial charge in [-0.15, -0.1) is 0 Å². The highest BCUT2D eigenvalue weighted by molar-refractivity contribution is 5.71. The van der Waals surface area contributed by atoms with Gasteiger partial charge in [0.05, 0.1) is 6.10 Å². The summed E-state index contributed by atoms with van der Waals surface area (Å²) in [7, 11) is 0. The highest BCUT2D eigenvalue weighted by Crippen LogP contribution is 2.36. The Kier molecular flexibility index (Phi) is 4.26. The molecule has 1 unspecified atom stereocenters. The monoisotopic (exact) mass is 281 g/mol. The predicted octanol–water partition coefficient (Wildman–Crippen LogP) is 4.08. The van der Waals surface area contributed by atoms with Crippen LogP contribution in [0.1, 0.15) is 30.9 Å². The maximum absolute atomic E-state index is 10.3. The third-order valence-corrected chi connectivity index (χ3v) is 4.24. The van der Waals surface area contributed by atoms with E-state index in [-0.39, 0.29) is 6.10 Å². The van der Waals surface area contributed by atoms with E-state index in [1.807, 2.05) is 0 Å². The van der Waals surface area contributed by atoms with Crippen LogP contribution in [0.25, 0.3) is 0 Å². The summed E-state index contributed by atoms with van der Waals surface area (Å²) in [5.74, 6) is 0. The number of nitrogens with zero attached hydrogens (tertiary/aromatic N) is 1. The number of fused-ring (bicyclic) bond motifs is 2. The zero-order chi connectivity index (χ0) is 14.7. The van der Waals surface area contributed by atoms with E-state index in [0.717, 1.165) is 25.7 Å². The molecule has 0 saturated carbocycles. The van der Waals surface area contributed by atoms with Crippen LogP contribution in [0.2, 0.25) is 0 Å². The van der Waals surface area contributed by atoms with Gasteiger partial charge in [0.15, 0.2) is 0 Å². The first-order chi connectivity index (χ1) is 10.3. The lowest BCUT2D eigenvalue weighted by molar-refractivity contribution is 0.171. The number of aryl methyl sites for hydroxylation is 2. The van der Waals surface area contributed by atoms with E-state index in [9.17, 15) is 5.11 Å². The van der Waals surface area contributed by atoms with Gasteiger partial charge in [-0.3, -0.25) is 0 Å². The molecule has 110 valence electrons. The fraction of sp³-hybridized carbons (Fsp3) is 0.368. The van der Waals surface area contributed by atoms with Crippen LogP contribution in [0, 0.1) is 0 Å². The molecule has 0 spiro atoms. The van der Waals surface area contributed by atoms with Gasteiger partial charge in [-0.05, 0) is 42.5 Å². The molecule has 0 aromatic heterocycles. The van der Waals surface area contributed by atoms with E-state index in [2.05, 4.69) is 60.4 Å². The van der Waals surface area contributed by atoms with Crippen LogP contribution < -0.4 is 4.90 Å². The van der Waals surface area contributed by atoms with Crippen LogP contribution in [0.3, 0.4) is 0 Å². The molecule has 0 bridgehead atoms. The van der Waals surface area contributed by atoms with E-state index in [4.69, 9.17) is 0 Å². The Balaban J connectivity index is 2.02. The summed E-state index contributed by atoms with van der Waals surface area (Å²) in [6.07, 6.45) is 3.70. The van der Waals surface area contributed by atoms with Crippen LogP contribution in [0.5, 0.6) is 0 Å². The van der Waals surface area contributed by atoms with Crippen molar-refractivity contribution in [3.63, 3.8) is 0 Å². The van der Waals surface area contributed by atoms with Gasteiger partial charge in [-0.1, -0.05) is 49.7 Å². The third kappa shape index (κ3) is 2.96. The Bertz CT molecular complexity index is 561. The number of para-hydroxylation sites is 2. The number of aliphatic hydroxyl groups is 1. The summed E-state index contributed by atoms with van der Waals surface area (Å²) in [5.41, 5.74) is 5.24. The fourth-order valence-corrected chi connectivity index (χ4v) is 3.20. The smallest absolute Gasteiger partial charge is 0.0719 e. The molecular weight excluding hydrogens is 258 g/mol. The van der Waals surface area contributed by atoms with Crippen molar-refractivity contribution in [2.24, 2.45) is 0 Å². The van der Waals surface area contributed by atoms with Gasteiger partial charge in [0.2, 0.25) is 0 Å². The Hall–Kier alpha value is -1.80. The first-order valence-corrected chi connectivity index (χ1v) is 7.91. The van der Waals surface area contributed by atoms with E-state index >= 15 is 0 Å². The Morgan fingerprint density at radius 3 is 2.00 bits per heavy atom. The molecule has 2 aromatic carbocycles. The second kappa shape index (κ2) is 6.31. The number of benzene rings is 2. The SMILES string of the molecule is CCCC(O)CN1c2ccccc2CCc2ccccc21. The predicted molar refractivity (Wildman–Crippen MR) is 88.2 cm³/mol. The molecule has 0 aliphatic carbocycles. The van der Waals surface area contributed by atoms with E-state index < -0.39 is 0 Å². The van der Waals surface area contributed by atoms with Crippen molar-refractivity contribution in [1.82, 2.24) is 0 Å². The van der Waals surface area contributed by atoms with Crippen LogP contribution in [-0.2, 0) is 12.8 Å². The largest absolute Gasteiger partial charge is 0.391 e. The fourth-order valence-electron chi connectivity index (χ4n) is 3.20. The number of β-amino-alcohol motifs (C(OH)–C–C–N with tert-alkyl or cyclic N) is 1. The molecule has 2 heteroatoms. The molecule has 1 atom stereocenters. The quantitative estimate of drug-likeness (QED) is 0.912. The standard InChI is InChI=1S/C19H23NO/c1-2-7-17(21)14-20-18-10-5-3-8-15(18)12-13-16-9-4-6-11-19(16)20/h3-6,8-11,17,21H,2,7,12-14H2,1H3. The van der Waals surface area contributed by atoms with Gasteiger partial charge in [-0.25, -0.2) is 0 Å². The summed E-state index contributed by atoms with van der Waals surface area (Å²) in [4.78, 5) is 2.30. The number of aliphatic hydroxyl groups excluding tert-OH is 1. The van der Waals surface area contributed by atoms with Crippen molar-refractivity contribution in [2.75, 3.05) is 11.4 Å². The molecule has 1 aliphatic heterocycles. The van der Waals surface area contributed by atoms with Gasteiger partial charge >= 0.3 is 0 Å². The Morgan fingerprint density at radius 2 is 1.48 bits per heavy atom. The lowest BCUT2D eigenvalue weighted by Gasteiger charge is -2.29. The van der Waals surface area contributed by atoms with Gasteiger partial charge in [-0.2, -0.15) is 0 Å². The lowest BCUT2D eigenvalue weighted by Crippen LogP contribution is -2.29. The van der Waals surface area contributed by atoms with Crippen LogP contribution >= 0.6 is 0 Å². The molecule has 0 saturated heterocycles. The summed E-state index contributed by atoms with van der Waals surface area (Å²) < 4.78 is 0. The average Bonchev–Trinajstić information content (AvgIpc) is 2.66. The number of hydrogen-bond acceptors (Lipinski definition) is 2. The highest BCUT2D eigenvalue weighted by atomic mass is 16.3. The van der Waals surface area contributed by atoms with E-state index in [1.165, 1.54) is 22.5 Å². The van der Waals surface area contributed by atoms with Crippen molar-refractivity contribution >= 4 is 11.4 Å². The third-order valence-electron chi connectivity index (χ3n) is 4.24. The molecule has 0 amide bonds. The number of hydrogen-bond donors (Lipinski definition) is 1. The van der Waals surface area contributed by atoms with Gasteiger partial charge in [0, 0.05) is 17.9 Å². The molecule has 1 heterocycles. The second-order valence-corrected chi connectivity index (χ2v) is 5.81. The van der Waals surface area contributed by atoms with Gasteiger partial charge in [0.1, 0.15) is 0 Å². The minimum atomic E-state index is -0.283. The Labute approximate surface area is 127 Å². The second-order valence-electron chi connectivity index (χ2n) is 5.81. The van der Waals surface area contributed by atoms with Gasteiger partial charge < -0.3 is 10.0 Å². The highest BCUT2D eigenvalue weighted by Gasteiger charge is 2.21. The lowest BCUT2D eigenvalue weighted by atomic mass is 10.0. The molecule has 0 radical (unpaired) electrons. The molecule has 21 heavy (non-hydrogen) atoms. The van der Waals surface area contributed by atoms with Crippen molar-refractivity contribution in [3.05, 3.63) is 59.7 Å². The van der Waals surface area contributed by atoms with Crippen molar-refractivity contribution < 1.29 is 5.11 Å². The van der Waals surface area contributed by atoms with Gasteiger partial charge in [0.25, 0.3) is 0 Å². The van der Waals surface area contributed by atoms with Crippen LogP contribution in [0.15, 0.2) is 48.5 Å². The molecule has 2 nitrogen and oxygen atoms in total. The van der Waals surface area contributed by atoms with Crippen molar-refractivity contribution in [2.45, 2.75) is 38.7 Å². The average molecular weight is 281 g/mol. The van der Waals surface area contributed by atoms with Crippen LogP contribution in [-0.4, -0.2) is 17.8 Å². The molecule has 2 aromatic rings.